The quantitative estimate of drug-likeness (QED) is 0.872. The molecule has 2 N–H and O–H groups in total. The van der Waals surface area contributed by atoms with E-state index in [1.165, 1.54) is 36.0 Å². The van der Waals surface area contributed by atoms with Gasteiger partial charge >= 0.3 is 0 Å². The second-order valence-electron chi connectivity index (χ2n) is 6.50. The Balaban J connectivity index is 1.52. The Morgan fingerprint density at radius 1 is 0.750 bits per heavy atom. The molecule has 2 aromatic rings. The average molecular weight is 263 g/mol. The van der Waals surface area contributed by atoms with Gasteiger partial charge in [-0.1, -0.05) is 54.6 Å². The number of benzene rings is 2. The van der Waals surface area contributed by atoms with Crippen molar-refractivity contribution in [2.75, 3.05) is 0 Å². The molecule has 2 aliphatic rings. The van der Waals surface area contributed by atoms with Crippen LogP contribution in [0, 0.1) is 17.8 Å². The molecule has 3 unspecified atom stereocenters. The maximum atomic E-state index is 6.47. The standard InChI is InChI=1S/C19H21N/c20-19(18-11-16-10-17(16)12-18)15-8-6-14(7-9-15)13-4-2-1-3-5-13/h1-9,16-19H,10-12,20H2. The van der Waals surface area contributed by atoms with Gasteiger partial charge in [-0.15, -0.1) is 0 Å². The zero-order valence-electron chi connectivity index (χ0n) is 11.7. The Kier molecular flexibility index (Phi) is 2.89. The van der Waals surface area contributed by atoms with E-state index in [4.69, 9.17) is 5.73 Å². The molecule has 2 fully saturated rings. The van der Waals surface area contributed by atoms with E-state index in [-0.39, 0.29) is 6.04 Å². The molecule has 1 nitrogen and oxygen atoms in total. The normalized spacial score (nSPS) is 28.9. The second-order valence-corrected chi connectivity index (χ2v) is 6.50. The molecular weight excluding hydrogens is 242 g/mol. The van der Waals surface area contributed by atoms with E-state index in [1.807, 2.05) is 0 Å². The van der Waals surface area contributed by atoms with Crippen LogP contribution in [0.1, 0.15) is 30.9 Å². The van der Waals surface area contributed by atoms with Crippen LogP contribution in [0.25, 0.3) is 11.1 Å². The van der Waals surface area contributed by atoms with Gasteiger partial charge in [-0.25, -0.2) is 0 Å². The number of hydrogen-bond donors (Lipinski definition) is 1. The van der Waals surface area contributed by atoms with Crippen LogP contribution in [0.5, 0.6) is 0 Å². The highest BCUT2D eigenvalue weighted by atomic mass is 14.7. The number of fused-ring (bicyclic) bond motifs is 1. The third-order valence-corrected chi connectivity index (χ3v) is 5.19. The first-order valence-corrected chi connectivity index (χ1v) is 7.72. The number of hydrogen-bond acceptors (Lipinski definition) is 1. The molecule has 0 spiro atoms. The Morgan fingerprint density at radius 2 is 1.35 bits per heavy atom. The highest BCUT2D eigenvalue weighted by Crippen LogP contribution is 2.56. The molecule has 0 amide bonds. The summed E-state index contributed by atoms with van der Waals surface area (Å²) in [6.45, 7) is 0. The van der Waals surface area contributed by atoms with E-state index < -0.39 is 0 Å². The zero-order valence-corrected chi connectivity index (χ0v) is 11.7. The molecule has 0 aromatic heterocycles. The SMILES string of the molecule is NC(c1ccc(-c2ccccc2)cc1)C1CC2CC2C1. The molecule has 3 atom stereocenters. The summed E-state index contributed by atoms with van der Waals surface area (Å²) in [6, 6.07) is 19.6. The van der Waals surface area contributed by atoms with E-state index in [2.05, 4.69) is 54.6 Å². The molecule has 0 radical (unpaired) electrons. The Hall–Kier alpha value is -1.60. The third-order valence-electron chi connectivity index (χ3n) is 5.19. The predicted octanol–water partition coefficient (Wildman–Crippen LogP) is 4.40. The zero-order chi connectivity index (χ0) is 13.5. The molecule has 1 heteroatoms. The second kappa shape index (κ2) is 4.75. The van der Waals surface area contributed by atoms with Crippen molar-refractivity contribution in [3.8, 4) is 11.1 Å². The van der Waals surface area contributed by atoms with Crippen molar-refractivity contribution in [3.63, 3.8) is 0 Å². The molecule has 0 heterocycles. The Morgan fingerprint density at radius 3 is 2.00 bits per heavy atom. The molecule has 0 bridgehead atoms. The topological polar surface area (TPSA) is 26.0 Å². The molecule has 2 saturated carbocycles. The van der Waals surface area contributed by atoms with Crippen LogP contribution >= 0.6 is 0 Å². The van der Waals surface area contributed by atoms with Crippen LogP contribution in [0.2, 0.25) is 0 Å². The first-order valence-electron chi connectivity index (χ1n) is 7.72. The van der Waals surface area contributed by atoms with Gasteiger partial charge in [0.25, 0.3) is 0 Å². The Labute approximate surface area is 120 Å². The summed E-state index contributed by atoms with van der Waals surface area (Å²) in [5.74, 6) is 2.73. The molecule has 2 aliphatic carbocycles. The van der Waals surface area contributed by atoms with Crippen LogP contribution in [0.15, 0.2) is 54.6 Å². The summed E-state index contributed by atoms with van der Waals surface area (Å²) in [6.07, 6.45) is 4.18. The van der Waals surface area contributed by atoms with Crippen molar-refractivity contribution in [3.05, 3.63) is 60.2 Å². The summed E-state index contributed by atoms with van der Waals surface area (Å²) >= 11 is 0. The molecule has 20 heavy (non-hydrogen) atoms. The minimum Gasteiger partial charge on any atom is -0.324 e. The van der Waals surface area contributed by atoms with Crippen molar-refractivity contribution >= 4 is 0 Å². The number of rotatable bonds is 3. The van der Waals surface area contributed by atoms with Gasteiger partial charge in [-0.05, 0) is 53.7 Å². The van der Waals surface area contributed by atoms with Gasteiger partial charge in [0, 0.05) is 6.04 Å². The smallest absolute Gasteiger partial charge is 0.0323 e. The van der Waals surface area contributed by atoms with Gasteiger partial charge in [-0.2, -0.15) is 0 Å². The fraction of sp³-hybridized carbons (Fsp3) is 0.368. The lowest BCUT2D eigenvalue weighted by molar-refractivity contribution is 0.404. The van der Waals surface area contributed by atoms with E-state index in [0.29, 0.717) is 5.92 Å². The van der Waals surface area contributed by atoms with Crippen molar-refractivity contribution < 1.29 is 0 Å². The van der Waals surface area contributed by atoms with Gasteiger partial charge < -0.3 is 5.73 Å². The van der Waals surface area contributed by atoms with Crippen molar-refractivity contribution in [1.29, 1.82) is 0 Å². The number of nitrogens with two attached hydrogens (primary N) is 1. The van der Waals surface area contributed by atoms with E-state index in [0.717, 1.165) is 11.8 Å². The first kappa shape index (κ1) is 12.2. The van der Waals surface area contributed by atoms with Crippen LogP contribution in [-0.4, -0.2) is 0 Å². The van der Waals surface area contributed by atoms with Gasteiger partial charge in [0.15, 0.2) is 0 Å². The van der Waals surface area contributed by atoms with Gasteiger partial charge in [0.1, 0.15) is 0 Å². The first-order chi connectivity index (χ1) is 9.81. The molecule has 4 rings (SSSR count). The maximum Gasteiger partial charge on any atom is 0.0323 e. The fourth-order valence-corrected chi connectivity index (χ4v) is 3.86. The average Bonchev–Trinajstić information content (AvgIpc) is 3.13. The highest BCUT2D eigenvalue weighted by Gasteiger charge is 2.47. The van der Waals surface area contributed by atoms with Gasteiger partial charge in [-0.3, -0.25) is 0 Å². The molecular formula is C19H21N. The molecule has 102 valence electrons. The van der Waals surface area contributed by atoms with E-state index in [9.17, 15) is 0 Å². The Bertz CT molecular complexity index is 577. The third kappa shape index (κ3) is 2.16. The van der Waals surface area contributed by atoms with Crippen molar-refractivity contribution in [2.45, 2.75) is 25.3 Å². The molecule has 0 saturated heterocycles. The minimum atomic E-state index is 0.229. The van der Waals surface area contributed by atoms with Crippen molar-refractivity contribution in [2.24, 2.45) is 23.5 Å². The van der Waals surface area contributed by atoms with Crippen LogP contribution < -0.4 is 5.73 Å². The van der Waals surface area contributed by atoms with Gasteiger partial charge in [0.2, 0.25) is 0 Å². The molecule has 0 aliphatic heterocycles. The minimum absolute atomic E-state index is 0.229. The monoisotopic (exact) mass is 263 g/mol. The summed E-state index contributed by atoms with van der Waals surface area (Å²) < 4.78 is 0. The summed E-state index contributed by atoms with van der Waals surface area (Å²) in [5.41, 5.74) is 10.3. The van der Waals surface area contributed by atoms with Crippen LogP contribution in [0.4, 0.5) is 0 Å². The molecule has 2 aromatic carbocycles. The summed E-state index contributed by atoms with van der Waals surface area (Å²) in [4.78, 5) is 0. The summed E-state index contributed by atoms with van der Waals surface area (Å²) in [5, 5.41) is 0. The lowest BCUT2D eigenvalue weighted by Crippen LogP contribution is -2.20. The summed E-state index contributed by atoms with van der Waals surface area (Å²) in [7, 11) is 0. The van der Waals surface area contributed by atoms with Crippen LogP contribution in [-0.2, 0) is 0 Å². The maximum absolute atomic E-state index is 6.47. The fourth-order valence-electron chi connectivity index (χ4n) is 3.86. The highest BCUT2D eigenvalue weighted by molar-refractivity contribution is 5.63. The van der Waals surface area contributed by atoms with E-state index >= 15 is 0 Å². The van der Waals surface area contributed by atoms with Gasteiger partial charge in [0.05, 0.1) is 0 Å². The lowest BCUT2D eigenvalue weighted by Gasteiger charge is -2.21. The lowest BCUT2D eigenvalue weighted by atomic mass is 9.89. The van der Waals surface area contributed by atoms with Crippen LogP contribution in [0.3, 0.4) is 0 Å². The van der Waals surface area contributed by atoms with E-state index in [1.54, 1.807) is 0 Å². The predicted molar refractivity (Wildman–Crippen MR) is 83.1 cm³/mol. The largest absolute Gasteiger partial charge is 0.324 e. The van der Waals surface area contributed by atoms with Crippen molar-refractivity contribution in [1.82, 2.24) is 0 Å².